The second kappa shape index (κ2) is 6.04. The Morgan fingerprint density at radius 1 is 1.17 bits per heavy atom. The standard InChI is InChI=1S/C18H17N3O2/c1-11-15(7-8-20-17(11)18(19)22)9-13-3-5-14(6-4-13)16-10-23-12(2)21-16/h3-8,10H,9H2,1-2H3,(H2,19,22). The van der Waals surface area contributed by atoms with Crippen molar-refractivity contribution in [3.8, 4) is 11.3 Å². The van der Waals surface area contributed by atoms with E-state index >= 15 is 0 Å². The first-order valence-electron chi connectivity index (χ1n) is 7.30. The smallest absolute Gasteiger partial charge is 0.267 e. The SMILES string of the molecule is Cc1nc(-c2ccc(Cc3ccnc(C(N)=O)c3C)cc2)co1. The third kappa shape index (κ3) is 3.13. The van der Waals surface area contributed by atoms with Gasteiger partial charge in [0.15, 0.2) is 5.89 Å². The van der Waals surface area contributed by atoms with Crippen LogP contribution in [0.1, 0.15) is 33.1 Å². The van der Waals surface area contributed by atoms with Crippen LogP contribution in [0.15, 0.2) is 47.2 Å². The summed E-state index contributed by atoms with van der Waals surface area (Å²) in [4.78, 5) is 19.7. The molecule has 2 heterocycles. The van der Waals surface area contributed by atoms with Crippen LogP contribution in [0.4, 0.5) is 0 Å². The molecule has 0 spiro atoms. The quantitative estimate of drug-likeness (QED) is 0.803. The molecule has 3 rings (SSSR count). The van der Waals surface area contributed by atoms with Gasteiger partial charge < -0.3 is 10.2 Å². The molecule has 2 N–H and O–H groups in total. The van der Waals surface area contributed by atoms with Crippen LogP contribution >= 0.6 is 0 Å². The van der Waals surface area contributed by atoms with Gasteiger partial charge in [0.05, 0.1) is 0 Å². The number of oxazole rings is 1. The fraction of sp³-hybridized carbons (Fsp3) is 0.167. The molecule has 0 saturated carbocycles. The number of aryl methyl sites for hydroxylation is 1. The lowest BCUT2D eigenvalue weighted by Crippen LogP contribution is -2.15. The van der Waals surface area contributed by atoms with Gasteiger partial charge in [-0.15, -0.1) is 0 Å². The second-order valence-electron chi connectivity index (χ2n) is 5.43. The number of benzene rings is 1. The molecule has 3 aromatic rings. The molecule has 0 bridgehead atoms. The van der Waals surface area contributed by atoms with Gasteiger partial charge in [0, 0.05) is 18.7 Å². The van der Waals surface area contributed by atoms with Crippen molar-refractivity contribution in [3.63, 3.8) is 0 Å². The zero-order chi connectivity index (χ0) is 16.4. The van der Waals surface area contributed by atoms with Gasteiger partial charge in [-0.3, -0.25) is 9.78 Å². The van der Waals surface area contributed by atoms with Crippen molar-refractivity contribution in [2.24, 2.45) is 5.73 Å². The molecule has 0 radical (unpaired) electrons. The molecule has 5 nitrogen and oxygen atoms in total. The minimum Gasteiger partial charge on any atom is -0.449 e. The Labute approximate surface area is 134 Å². The Kier molecular flexibility index (Phi) is 3.93. The number of hydrogen-bond donors (Lipinski definition) is 1. The molecule has 1 aromatic carbocycles. The number of carbonyl (C=O) groups excluding carboxylic acids is 1. The van der Waals surface area contributed by atoms with Crippen molar-refractivity contribution in [1.29, 1.82) is 0 Å². The van der Waals surface area contributed by atoms with E-state index in [4.69, 9.17) is 10.2 Å². The van der Waals surface area contributed by atoms with E-state index in [2.05, 4.69) is 9.97 Å². The molecule has 0 fully saturated rings. The normalized spacial score (nSPS) is 10.7. The summed E-state index contributed by atoms with van der Waals surface area (Å²) in [5.74, 6) is 0.150. The predicted octanol–water partition coefficient (Wildman–Crippen LogP) is 3.04. The Hall–Kier alpha value is -2.95. The summed E-state index contributed by atoms with van der Waals surface area (Å²) in [6.45, 7) is 3.69. The van der Waals surface area contributed by atoms with Crippen molar-refractivity contribution in [1.82, 2.24) is 9.97 Å². The molecule has 116 valence electrons. The number of pyridine rings is 1. The highest BCUT2D eigenvalue weighted by molar-refractivity contribution is 5.92. The number of rotatable bonds is 4. The highest BCUT2D eigenvalue weighted by Crippen LogP contribution is 2.21. The van der Waals surface area contributed by atoms with Gasteiger partial charge in [-0.2, -0.15) is 0 Å². The maximum atomic E-state index is 11.4. The number of primary amides is 1. The molecule has 0 atom stereocenters. The Morgan fingerprint density at radius 3 is 2.52 bits per heavy atom. The minimum atomic E-state index is -0.499. The van der Waals surface area contributed by atoms with Crippen LogP contribution in [0.2, 0.25) is 0 Å². The van der Waals surface area contributed by atoms with E-state index in [0.717, 1.165) is 27.9 Å². The first-order chi connectivity index (χ1) is 11.0. The Morgan fingerprint density at radius 2 is 1.91 bits per heavy atom. The second-order valence-corrected chi connectivity index (χ2v) is 5.43. The highest BCUT2D eigenvalue weighted by Gasteiger charge is 2.11. The van der Waals surface area contributed by atoms with E-state index in [0.29, 0.717) is 18.0 Å². The molecule has 23 heavy (non-hydrogen) atoms. The van der Waals surface area contributed by atoms with Gasteiger partial charge in [0.1, 0.15) is 17.7 Å². The van der Waals surface area contributed by atoms with Crippen molar-refractivity contribution in [2.75, 3.05) is 0 Å². The first kappa shape index (κ1) is 15.0. The fourth-order valence-corrected chi connectivity index (χ4v) is 2.52. The van der Waals surface area contributed by atoms with E-state index in [9.17, 15) is 4.79 Å². The third-order valence-electron chi connectivity index (χ3n) is 3.81. The molecule has 0 aliphatic carbocycles. The van der Waals surface area contributed by atoms with Crippen molar-refractivity contribution in [2.45, 2.75) is 20.3 Å². The Bertz CT molecular complexity index is 851. The number of aromatic nitrogens is 2. The molecule has 0 unspecified atom stereocenters. The van der Waals surface area contributed by atoms with E-state index in [-0.39, 0.29) is 0 Å². The minimum absolute atomic E-state index is 0.331. The van der Waals surface area contributed by atoms with Crippen LogP contribution in [-0.4, -0.2) is 15.9 Å². The van der Waals surface area contributed by atoms with Crippen LogP contribution in [0, 0.1) is 13.8 Å². The summed E-state index contributed by atoms with van der Waals surface area (Å²) in [7, 11) is 0. The van der Waals surface area contributed by atoms with Crippen molar-refractivity contribution >= 4 is 5.91 Å². The average Bonchev–Trinajstić information content (AvgIpc) is 2.96. The molecule has 2 aromatic heterocycles. The van der Waals surface area contributed by atoms with Gasteiger partial charge in [-0.1, -0.05) is 24.3 Å². The summed E-state index contributed by atoms with van der Waals surface area (Å²) in [6.07, 6.45) is 3.98. The number of nitrogens with two attached hydrogens (primary N) is 1. The number of hydrogen-bond acceptors (Lipinski definition) is 4. The maximum absolute atomic E-state index is 11.4. The van der Waals surface area contributed by atoms with Gasteiger partial charge in [0.25, 0.3) is 5.91 Å². The molecule has 1 amide bonds. The van der Waals surface area contributed by atoms with Crippen LogP contribution in [0.25, 0.3) is 11.3 Å². The highest BCUT2D eigenvalue weighted by atomic mass is 16.3. The summed E-state index contributed by atoms with van der Waals surface area (Å²) < 4.78 is 5.23. The fourth-order valence-electron chi connectivity index (χ4n) is 2.52. The van der Waals surface area contributed by atoms with E-state index in [1.165, 1.54) is 0 Å². The molecular formula is C18H17N3O2. The summed E-state index contributed by atoms with van der Waals surface area (Å²) >= 11 is 0. The third-order valence-corrected chi connectivity index (χ3v) is 3.81. The zero-order valence-corrected chi connectivity index (χ0v) is 13.0. The summed E-state index contributed by atoms with van der Waals surface area (Å²) in [6, 6.07) is 10.0. The van der Waals surface area contributed by atoms with Crippen LogP contribution in [-0.2, 0) is 6.42 Å². The molecule has 5 heteroatoms. The topological polar surface area (TPSA) is 82.0 Å². The average molecular weight is 307 g/mol. The lowest BCUT2D eigenvalue weighted by molar-refractivity contribution is 0.0995. The van der Waals surface area contributed by atoms with Crippen molar-refractivity contribution < 1.29 is 9.21 Å². The van der Waals surface area contributed by atoms with Gasteiger partial charge in [-0.25, -0.2) is 4.98 Å². The van der Waals surface area contributed by atoms with E-state index < -0.39 is 5.91 Å². The van der Waals surface area contributed by atoms with Crippen LogP contribution in [0.5, 0.6) is 0 Å². The number of nitrogens with zero attached hydrogens (tertiary/aromatic N) is 2. The molecular weight excluding hydrogens is 290 g/mol. The maximum Gasteiger partial charge on any atom is 0.267 e. The molecule has 0 aliphatic heterocycles. The van der Waals surface area contributed by atoms with Gasteiger partial charge in [-0.05, 0) is 36.1 Å². The summed E-state index contributed by atoms with van der Waals surface area (Å²) in [5, 5.41) is 0. The van der Waals surface area contributed by atoms with Crippen molar-refractivity contribution in [3.05, 3.63) is 71.1 Å². The lowest BCUT2D eigenvalue weighted by atomic mass is 9.99. The number of amides is 1. The molecule has 0 aliphatic rings. The van der Waals surface area contributed by atoms with Gasteiger partial charge >= 0.3 is 0 Å². The Balaban J connectivity index is 1.84. The van der Waals surface area contributed by atoms with E-state index in [1.54, 1.807) is 12.5 Å². The molecule has 0 saturated heterocycles. The first-order valence-corrected chi connectivity index (χ1v) is 7.30. The monoisotopic (exact) mass is 307 g/mol. The van der Waals surface area contributed by atoms with Crippen LogP contribution < -0.4 is 5.73 Å². The van der Waals surface area contributed by atoms with Crippen LogP contribution in [0.3, 0.4) is 0 Å². The zero-order valence-electron chi connectivity index (χ0n) is 13.0. The largest absolute Gasteiger partial charge is 0.449 e. The number of carbonyl (C=O) groups is 1. The summed E-state index contributed by atoms with van der Waals surface area (Å²) in [5.41, 5.74) is 10.5. The van der Waals surface area contributed by atoms with Gasteiger partial charge in [0.2, 0.25) is 0 Å². The van der Waals surface area contributed by atoms with E-state index in [1.807, 2.05) is 44.2 Å². The lowest BCUT2D eigenvalue weighted by Gasteiger charge is -2.09. The predicted molar refractivity (Wildman–Crippen MR) is 87.0 cm³/mol.